The number of hydrogen-bond donors (Lipinski definition) is 3. The molecular formula is C15H18N4O. The molecule has 0 aromatic heterocycles. The van der Waals surface area contributed by atoms with Gasteiger partial charge in [0.2, 0.25) is 0 Å². The summed E-state index contributed by atoms with van der Waals surface area (Å²) in [5, 5.41) is 7.92. The molecule has 20 heavy (non-hydrogen) atoms. The fraction of sp³-hybridized carbons (Fsp3) is 0.200. The third-order valence-electron chi connectivity index (χ3n) is 2.73. The lowest BCUT2D eigenvalue weighted by Gasteiger charge is -2.15. The fourth-order valence-corrected chi connectivity index (χ4v) is 1.70. The van der Waals surface area contributed by atoms with Gasteiger partial charge in [0.15, 0.2) is 0 Å². The van der Waals surface area contributed by atoms with Crippen LogP contribution in [0.1, 0.15) is 13.3 Å². The highest BCUT2D eigenvalue weighted by Crippen LogP contribution is 2.18. The minimum atomic E-state index is 0.267. The molecule has 2 rings (SSSR count). The van der Waals surface area contributed by atoms with Crippen molar-refractivity contribution < 1.29 is 4.74 Å². The largest absolute Gasteiger partial charge is 0.491 e. The summed E-state index contributed by atoms with van der Waals surface area (Å²) in [6.07, 6.45) is 4.15. The zero-order chi connectivity index (χ0) is 14.5. The normalized spacial score (nSPS) is 16.9. The molecule has 104 valence electrons. The number of ether oxygens (including phenoxy) is 1. The number of nitrogens with zero attached hydrogens (tertiary/aromatic N) is 1. The van der Waals surface area contributed by atoms with Gasteiger partial charge in [-0.25, -0.2) is 4.99 Å². The molecular weight excluding hydrogens is 252 g/mol. The van der Waals surface area contributed by atoms with E-state index in [-0.39, 0.29) is 5.71 Å². The Labute approximate surface area is 118 Å². The molecule has 1 aromatic carbocycles. The van der Waals surface area contributed by atoms with Gasteiger partial charge < -0.3 is 16.2 Å². The SMILES string of the molecule is CCCOC1=CC(=Nc2ccc(N)cc2)C(=N)C=C1N. The Morgan fingerprint density at radius 1 is 1.15 bits per heavy atom. The molecule has 0 unspecified atom stereocenters. The molecule has 1 aromatic rings. The number of allylic oxidation sites excluding steroid dienone is 2. The first-order valence-corrected chi connectivity index (χ1v) is 6.45. The zero-order valence-corrected chi connectivity index (χ0v) is 11.4. The summed E-state index contributed by atoms with van der Waals surface area (Å²) in [5.74, 6) is 0.567. The molecule has 0 radical (unpaired) electrons. The number of nitrogens with one attached hydrogen (secondary N) is 1. The second-order valence-corrected chi connectivity index (χ2v) is 4.46. The van der Waals surface area contributed by atoms with Crippen LogP contribution in [0.5, 0.6) is 0 Å². The molecule has 0 saturated carbocycles. The van der Waals surface area contributed by atoms with Crippen molar-refractivity contribution in [3.8, 4) is 0 Å². The third kappa shape index (κ3) is 3.26. The zero-order valence-electron chi connectivity index (χ0n) is 11.4. The lowest BCUT2D eigenvalue weighted by atomic mass is 10.1. The van der Waals surface area contributed by atoms with E-state index in [2.05, 4.69) is 4.99 Å². The van der Waals surface area contributed by atoms with Gasteiger partial charge in [0.05, 0.1) is 29.4 Å². The quantitative estimate of drug-likeness (QED) is 0.579. The van der Waals surface area contributed by atoms with Crippen LogP contribution in [0.4, 0.5) is 11.4 Å². The Bertz CT molecular complexity index is 597. The van der Waals surface area contributed by atoms with Crippen LogP contribution in [0.25, 0.3) is 0 Å². The first kappa shape index (κ1) is 13.9. The van der Waals surface area contributed by atoms with E-state index in [9.17, 15) is 0 Å². The van der Waals surface area contributed by atoms with Crippen molar-refractivity contribution in [2.75, 3.05) is 12.3 Å². The Hall–Kier alpha value is -2.56. The standard InChI is InChI=1S/C15H18N4O/c1-2-7-20-15-9-14(12(17)8-13(15)18)19-11-5-3-10(16)4-6-11/h3-6,8-9,17H,2,7,16,18H2,1H3. The molecule has 0 fully saturated rings. The second kappa shape index (κ2) is 6.06. The van der Waals surface area contributed by atoms with Crippen LogP contribution in [0.2, 0.25) is 0 Å². The summed E-state index contributed by atoms with van der Waals surface area (Å²) < 4.78 is 5.55. The Balaban J connectivity index is 2.28. The number of rotatable bonds is 4. The number of anilines is 1. The monoisotopic (exact) mass is 270 g/mol. The molecule has 0 bridgehead atoms. The average Bonchev–Trinajstić information content (AvgIpc) is 2.43. The molecule has 5 heteroatoms. The highest BCUT2D eigenvalue weighted by atomic mass is 16.5. The van der Waals surface area contributed by atoms with Crippen molar-refractivity contribution in [1.29, 1.82) is 5.41 Å². The first-order chi connectivity index (χ1) is 9.60. The highest BCUT2D eigenvalue weighted by molar-refractivity contribution is 6.50. The third-order valence-corrected chi connectivity index (χ3v) is 2.73. The van der Waals surface area contributed by atoms with E-state index in [0.717, 1.165) is 12.1 Å². The van der Waals surface area contributed by atoms with Crippen molar-refractivity contribution in [1.82, 2.24) is 0 Å². The van der Waals surface area contributed by atoms with Gasteiger partial charge in [0.25, 0.3) is 0 Å². The van der Waals surface area contributed by atoms with Gasteiger partial charge in [-0.15, -0.1) is 0 Å². The minimum absolute atomic E-state index is 0.267. The van der Waals surface area contributed by atoms with Crippen LogP contribution < -0.4 is 11.5 Å². The number of nitrogens with two attached hydrogens (primary N) is 2. The Morgan fingerprint density at radius 2 is 1.85 bits per heavy atom. The Kier molecular flexibility index (Phi) is 4.20. The van der Waals surface area contributed by atoms with Gasteiger partial charge in [-0.05, 0) is 36.8 Å². The van der Waals surface area contributed by atoms with Crippen LogP contribution in [0.3, 0.4) is 0 Å². The molecule has 5 N–H and O–H groups in total. The molecule has 0 spiro atoms. The molecule has 0 aliphatic heterocycles. The number of aliphatic imine (C=N–C) groups is 1. The number of hydrogen-bond acceptors (Lipinski definition) is 5. The predicted octanol–water partition coefficient (Wildman–Crippen LogP) is 2.53. The summed E-state index contributed by atoms with van der Waals surface area (Å²) in [7, 11) is 0. The topological polar surface area (TPSA) is 97.5 Å². The summed E-state index contributed by atoms with van der Waals surface area (Å²) in [6, 6.07) is 7.15. The minimum Gasteiger partial charge on any atom is -0.491 e. The fourth-order valence-electron chi connectivity index (χ4n) is 1.70. The molecule has 1 aliphatic carbocycles. The molecule has 1 aliphatic rings. The van der Waals surface area contributed by atoms with Crippen LogP contribution in [-0.2, 0) is 4.74 Å². The van der Waals surface area contributed by atoms with Crippen molar-refractivity contribution in [2.24, 2.45) is 10.7 Å². The lowest BCUT2D eigenvalue weighted by Crippen LogP contribution is -2.19. The van der Waals surface area contributed by atoms with Gasteiger partial charge in [0.1, 0.15) is 5.76 Å². The van der Waals surface area contributed by atoms with Crippen molar-refractivity contribution in [3.63, 3.8) is 0 Å². The van der Waals surface area contributed by atoms with Crippen molar-refractivity contribution in [2.45, 2.75) is 13.3 Å². The van der Waals surface area contributed by atoms with Crippen molar-refractivity contribution >= 4 is 22.8 Å². The van der Waals surface area contributed by atoms with Crippen LogP contribution >= 0.6 is 0 Å². The van der Waals surface area contributed by atoms with Crippen molar-refractivity contribution in [3.05, 3.63) is 47.9 Å². The second-order valence-electron chi connectivity index (χ2n) is 4.46. The van der Waals surface area contributed by atoms with Crippen LogP contribution in [-0.4, -0.2) is 18.0 Å². The number of benzene rings is 1. The predicted molar refractivity (Wildman–Crippen MR) is 82.3 cm³/mol. The highest BCUT2D eigenvalue weighted by Gasteiger charge is 2.15. The summed E-state index contributed by atoms with van der Waals surface area (Å²) in [5.41, 5.74) is 14.1. The van der Waals surface area contributed by atoms with Gasteiger partial charge >= 0.3 is 0 Å². The maximum Gasteiger partial charge on any atom is 0.144 e. The van der Waals surface area contributed by atoms with E-state index in [4.69, 9.17) is 21.6 Å². The summed E-state index contributed by atoms with van der Waals surface area (Å²) in [4.78, 5) is 4.41. The Morgan fingerprint density at radius 3 is 2.50 bits per heavy atom. The molecule has 5 nitrogen and oxygen atoms in total. The van der Waals surface area contributed by atoms with Crippen LogP contribution in [0, 0.1) is 5.41 Å². The van der Waals surface area contributed by atoms with E-state index in [1.54, 1.807) is 36.4 Å². The first-order valence-electron chi connectivity index (χ1n) is 6.45. The van der Waals surface area contributed by atoms with Gasteiger partial charge in [-0.2, -0.15) is 0 Å². The summed E-state index contributed by atoms with van der Waals surface area (Å²) >= 11 is 0. The van der Waals surface area contributed by atoms with E-state index in [1.165, 1.54) is 0 Å². The van der Waals surface area contributed by atoms with Crippen LogP contribution in [0.15, 0.2) is 52.9 Å². The van der Waals surface area contributed by atoms with E-state index in [1.807, 2.05) is 6.92 Å². The smallest absolute Gasteiger partial charge is 0.144 e. The summed E-state index contributed by atoms with van der Waals surface area (Å²) in [6.45, 7) is 2.61. The van der Waals surface area contributed by atoms with E-state index < -0.39 is 0 Å². The number of nitrogen functional groups attached to an aromatic ring is 1. The van der Waals surface area contributed by atoms with Gasteiger partial charge in [-0.1, -0.05) is 6.92 Å². The van der Waals surface area contributed by atoms with E-state index in [0.29, 0.717) is 29.5 Å². The van der Waals surface area contributed by atoms with Gasteiger partial charge in [0, 0.05) is 11.8 Å². The molecule has 0 saturated heterocycles. The maximum absolute atomic E-state index is 7.92. The van der Waals surface area contributed by atoms with Gasteiger partial charge in [-0.3, -0.25) is 5.41 Å². The van der Waals surface area contributed by atoms with E-state index >= 15 is 0 Å². The molecule has 0 amide bonds. The molecule has 0 heterocycles. The molecule has 0 atom stereocenters. The lowest BCUT2D eigenvalue weighted by molar-refractivity contribution is 0.220. The maximum atomic E-state index is 7.92. The average molecular weight is 270 g/mol.